The van der Waals surface area contributed by atoms with Crippen LogP contribution in [0.25, 0.3) is 0 Å². The van der Waals surface area contributed by atoms with Gasteiger partial charge in [-0.2, -0.15) is 0 Å². The van der Waals surface area contributed by atoms with Crippen molar-refractivity contribution in [2.24, 2.45) is 0 Å². The molecule has 1 saturated carbocycles. The molecule has 0 aromatic heterocycles. The number of carbonyl (C=O) groups is 2. The molecule has 13 nitrogen and oxygen atoms in total. The number of hydrogen-bond acceptors (Lipinski definition) is 12. The molecule has 0 saturated heterocycles. The van der Waals surface area contributed by atoms with Crippen LogP contribution in [0.3, 0.4) is 0 Å². The molecule has 0 aliphatic heterocycles. The standard InChI is InChI=1S/C39H73O13P/c1-3-5-7-9-11-13-15-16-18-19-21-23-25-27-32(40)49-29-31(51-33(41)28-26-24-22-20-17-14-12-10-8-6-4-2)30-50-53(47,48)52-39-37(45)35(43)34(42)36(44)38(39)46/h10,12,31,34-39,42-46H,3-9,11,13-30H2,1-2H3,(H,47,48)/b12-10-. The number of ether oxygens (including phenoxy) is 2. The maximum absolute atomic E-state index is 12.7. The van der Waals surface area contributed by atoms with Crippen molar-refractivity contribution in [3.8, 4) is 0 Å². The average molecular weight is 781 g/mol. The third kappa shape index (κ3) is 24.0. The first-order chi connectivity index (χ1) is 25.4. The van der Waals surface area contributed by atoms with Crippen molar-refractivity contribution >= 4 is 19.8 Å². The van der Waals surface area contributed by atoms with Crippen molar-refractivity contribution in [2.45, 2.75) is 211 Å². The van der Waals surface area contributed by atoms with Crippen molar-refractivity contribution in [3.63, 3.8) is 0 Å². The van der Waals surface area contributed by atoms with Gasteiger partial charge < -0.3 is 39.9 Å². The van der Waals surface area contributed by atoms with Gasteiger partial charge in [0.25, 0.3) is 0 Å². The highest BCUT2D eigenvalue weighted by Gasteiger charge is 2.51. The second-order valence-electron chi connectivity index (χ2n) is 14.5. The zero-order valence-corrected chi connectivity index (χ0v) is 33.5. The summed E-state index contributed by atoms with van der Waals surface area (Å²) in [6, 6.07) is 0. The second-order valence-corrected chi connectivity index (χ2v) is 15.9. The van der Waals surface area contributed by atoms with E-state index in [1.165, 1.54) is 70.6 Å². The van der Waals surface area contributed by atoms with Gasteiger partial charge in [-0.3, -0.25) is 18.6 Å². The molecule has 0 aromatic carbocycles. The Morgan fingerprint density at radius 1 is 0.566 bits per heavy atom. The van der Waals surface area contributed by atoms with Crippen LogP contribution in [-0.2, 0) is 32.7 Å². The van der Waals surface area contributed by atoms with Crippen molar-refractivity contribution in [1.82, 2.24) is 0 Å². The monoisotopic (exact) mass is 780 g/mol. The Bertz CT molecular complexity index is 996. The van der Waals surface area contributed by atoms with Gasteiger partial charge in [0.2, 0.25) is 0 Å². The first-order valence-electron chi connectivity index (χ1n) is 20.5. The summed E-state index contributed by atoms with van der Waals surface area (Å²) >= 11 is 0. The zero-order chi connectivity index (χ0) is 39.3. The van der Waals surface area contributed by atoms with Crippen LogP contribution in [-0.4, -0.2) is 98.3 Å². The number of aliphatic hydroxyl groups excluding tert-OH is 5. The minimum absolute atomic E-state index is 0.0895. The molecule has 6 atom stereocenters. The third-order valence-corrected chi connectivity index (χ3v) is 10.6. The van der Waals surface area contributed by atoms with Gasteiger partial charge in [-0.25, -0.2) is 4.57 Å². The number of carbonyl (C=O) groups excluding carboxylic acids is 2. The average Bonchev–Trinajstić information content (AvgIpc) is 3.13. The van der Waals surface area contributed by atoms with Gasteiger partial charge in [0.1, 0.15) is 43.2 Å². The summed E-state index contributed by atoms with van der Waals surface area (Å²) in [5.74, 6) is -1.11. The lowest BCUT2D eigenvalue weighted by molar-refractivity contribution is -0.220. The second kappa shape index (κ2) is 30.8. The summed E-state index contributed by atoms with van der Waals surface area (Å²) in [6.07, 6.45) is 15.7. The highest BCUT2D eigenvalue weighted by Crippen LogP contribution is 2.47. The number of unbranched alkanes of at least 4 members (excludes halogenated alkanes) is 19. The lowest BCUT2D eigenvalue weighted by Crippen LogP contribution is -2.64. The minimum Gasteiger partial charge on any atom is -0.462 e. The minimum atomic E-state index is -5.11. The molecular formula is C39H73O13P. The fraction of sp³-hybridized carbons (Fsp3) is 0.897. The van der Waals surface area contributed by atoms with Gasteiger partial charge in [-0.15, -0.1) is 0 Å². The Hall–Kier alpha value is -1.41. The first-order valence-corrected chi connectivity index (χ1v) is 22.0. The van der Waals surface area contributed by atoms with E-state index in [1.807, 2.05) is 0 Å². The topological polar surface area (TPSA) is 210 Å². The molecule has 0 amide bonds. The van der Waals surface area contributed by atoms with Gasteiger partial charge in [0.15, 0.2) is 6.10 Å². The molecule has 6 unspecified atom stereocenters. The Balaban J connectivity index is 2.52. The third-order valence-electron chi connectivity index (χ3n) is 9.61. The molecule has 0 aromatic rings. The van der Waals surface area contributed by atoms with E-state index >= 15 is 0 Å². The Morgan fingerprint density at radius 3 is 1.49 bits per heavy atom. The molecule has 14 heteroatoms. The van der Waals surface area contributed by atoms with Gasteiger partial charge in [-0.05, 0) is 32.1 Å². The SMILES string of the molecule is CCCC/C=C\CCCCCCCC(=O)OC(COC(=O)CCCCCCCCCCCCCCC)COP(=O)(O)OC1C(O)C(O)C(O)C(O)C1O. The van der Waals surface area contributed by atoms with Crippen LogP contribution in [0.1, 0.15) is 168 Å². The smallest absolute Gasteiger partial charge is 0.462 e. The van der Waals surface area contributed by atoms with Crippen molar-refractivity contribution in [3.05, 3.63) is 12.2 Å². The Morgan fingerprint density at radius 2 is 0.981 bits per heavy atom. The van der Waals surface area contributed by atoms with Crippen LogP contribution < -0.4 is 0 Å². The van der Waals surface area contributed by atoms with E-state index in [4.69, 9.17) is 18.5 Å². The van der Waals surface area contributed by atoms with Crippen LogP contribution in [0.5, 0.6) is 0 Å². The summed E-state index contributed by atoms with van der Waals surface area (Å²) in [7, 11) is -5.11. The first kappa shape index (κ1) is 49.6. The fourth-order valence-electron chi connectivity index (χ4n) is 6.21. The van der Waals surface area contributed by atoms with Gasteiger partial charge in [0, 0.05) is 12.8 Å². The maximum Gasteiger partial charge on any atom is 0.472 e. The normalized spacial score (nSPS) is 23.5. The van der Waals surface area contributed by atoms with Crippen molar-refractivity contribution in [1.29, 1.82) is 0 Å². The van der Waals surface area contributed by atoms with Gasteiger partial charge in [-0.1, -0.05) is 135 Å². The quantitative estimate of drug-likeness (QED) is 0.0177. The van der Waals surface area contributed by atoms with E-state index in [0.717, 1.165) is 57.8 Å². The highest BCUT2D eigenvalue weighted by molar-refractivity contribution is 7.47. The number of phosphoric ester groups is 1. The molecule has 1 rings (SSSR count). The van der Waals surface area contributed by atoms with Crippen molar-refractivity contribution < 1.29 is 63.1 Å². The van der Waals surface area contributed by atoms with E-state index in [9.17, 15) is 44.6 Å². The molecule has 0 spiro atoms. The molecule has 0 radical (unpaired) electrons. The molecule has 1 aliphatic carbocycles. The van der Waals surface area contributed by atoms with E-state index in [-0.39, 0.29) is 12.8 Å². The van der Waals surface area contributed by atoms with E-state index in [2.05, 4.69) is 26.0 Å². The lowest BCUT2D eigenvalue weighted by Gasteiger charge is -2.41. The molecule has 312 valence electrons. The molecule has 6 N–H and O–H groups in total. The molecule has 0 bridgehead atoms. The van der Waals surface area contributed by atoms with Crippen LogP contribution >= 0.6 is 7.82 Å². The van der Waals surface area contributed by atoms with Crippen LogP contribution in [0.15, 0.2) is 12.2 Å². The number of esters is 2. The largest absolute Gasteiger partial charge is 0.472 e. The zero-order valence-electron chi connectivity index (χ0n) is 32.6. The van der Waals surface area contributed by atoms with Gasteiger partial charge in [0.05, 0.1) is 6.61 Å². The van der Waals surface area contributed by atoms with Gasteiger partial charge >= 0.3 is 19.8 Å². The number of allylic oxidation sites excluding steroid dienone is 2. The Kier molecular flexibility index (Phi) is 28.8. The van der Waals surface area contributed by atoms with Crippen LogP contribution in [0.4, 0.5) is 0 Å². The molecule has 53 heavy (non-hydrogen) atoms. The highest BCUT2D eigenvalue weighted by atomic mass is 31.2. The molecule has 1 fully saturated rings. The summed E-state index contributed by atoms with van der Waals surface area (Å²) in [4.78, 5) is 35.5. The van der Waals surface area contributed by atoms with Crippen LogP contribution in [0.2, 0.25) is 0 Å². The number of hydrogen-bond donors (Lipinski definition) is 6. The predicted octanol–water partition coefficient (Wildman–Crippen LogP) is 6.72. The Labute approximate surface area is 318 Å². The lowest BCUT2D eigenvalue weighted by atomic mass is 9.85. The van der Waals surface area contributed by atoms with Crippen LogP contribution in [0, 0.1) is 0 Å². The number of rotatable bonds is 33. The van der Waals surface area contributed by atoms with Crippen molar-refractivity contribution in [2.75, 3.05) is 13.2 Å². The fourth-order valence-corrected chi connectivity index (χ4v) is 7.18. The summed E-state index contributed by atoms with van der Waals surface area (Å²) in [6.45, 7) is 3.23. The van der Waals surface area contributed by atoms with E-state index in [1.54, 1.807) is 0 Å². The number of phosphoric acid groups is 1. The predicted molar refractivity (Wildman–Crippen MR) is 203 cm³/mol. The molecule has 1 aliphatic rings. The summed E-state index contributed by atoms with van der Waals surface area (Å²) in [5.41, 5.74) is 0. The summed E-state index contributed by atoms with van der Waals surface area (Å²) in [5, 5.41) is 49.9. The van der Waals surface area contributed by atoms with E-state index < -0.39 is 75.7 Å². The van der Waals surface area contributed by atoms with E-state index in [0.29, 0.717) is 12.8 Å². The maximum atomic E-state index is 12.7. The summed E-state index contributed by atoms with van der Waals surface area (Å²) < 4.78 is 33.3. The number of aliphatic hydroxyl groups is 5. The molecular weight excluding hydrogens is 707 g/mol. The molecule has 0 heterocycles.